The maximum atomic E-state index is 8.96. The van der Waals surface area contributed by atoms with Gasteiger partial charge in [0.2, 0.25) is 0 Å². The van der Waals surface area contributed by atoms with E-state index in [0.29, 0.717) is 12.5 Å². The highest BCUT2D eigenvalue weighted by molar-refractivity contribution is 7.95. The van der Waals surface area contributed by atoms with Crippen LogP contribution >= 0.6 is 12.0 Å². The van der Waals surface area contributed by atoms with Crippen molar-refractivity contribution in [3.63, 3.8) is 0 Å². The summed E-state index contributed by atoms with van der Waals surface area (Å²) in [7, 11) is 0. The van der Waals surface area contributed by atoms with Gasteiger partial charge in [0.05, 0.1) is 11.4 Å². The van der Waals surface area contributed by atoms with Gasteiger partial charge in [-0.1, -0.05) is 20.8 Å². The first-order chi connectivity index (χ1) is 5.69. The van der Waals surface area contributed by atoms with E-state index in [9.17, 15) is 0 Å². The molecule has 0 radical (unpaired) electrons. The summed E-state index contributed by atoms with van der Waals surface area (Å²) in [5.74, 6) is 0.552. The molecule has 12 heavy (non-hydrogen) atoms. The van der Waals surface area contributed by atoms with Gasteiger partial charge in [0.25, 0.3) is 0 Å². The summed E-state index contributed by atoms with van der Waals surface area (Å²) in [6.07, 6.45) is 1.06. The molecule has 2 unspecified atom stereocenters. The van der Waals surface area contributed by atoms with Crippen molar-refractivity contribution in [2.75, 3.05) is 13.2 Å². The minimum atomic E-state index is -0.0712. The van der Waals surface area contributed by atoms with Crippen molar-refractivity contribution in [2.45, 2.75) is 38.9 Å². The van der Waals surface area contributed by atoms with Gasteiger partial charge in [-0.05, 0) is 31.3 Å². The van der Waals surface area contributed by atoms with Crippen LogP contribution in [-0.4, -0.2) is 22.5 Å². The minimum absolute atomic E-state index is 0.0712. The first-order valence-electron chi connectivity index (χ1n) is 4.59. The van der Waals surface area contributed by atoms with Crippen LogP contribution in [0.2, 0.25) is 0 Å². The minimum Gasteiger partial charge on any atom is -0.380 e. The molecule has 3 heteroatoms. The molecule has 2 atom stereocenters. The Morgan fingerprint density at radius 1 is 1.50 bits per heavy atom. The third kappa shape index (κ3) is 2.96. The Bertz CT molecular complexity index is 119. The fourth-order valence-corrected chi connectivity index (χ4v) is 1.53. The van der Waals surface area contributed by atoms with E-state index in [1.807, 2.05) is 20.8 Å². The Balaban J connectivity index is 0.000000561. The number of rotatable bonds is 1. The second kappa shape index (κ2) is 5.84. The average molecular weight is 192 g/mol. The molecule has 0 aromatic carbocycles. The highest BCUT2D eigenvalue weighted by atomic mass is 32.2. The van der Waals surface area contributed by atoms with Crippen molar-refractivity contribution in [2.24, 2.45) is 5.92 Å². The summed E-state index contributed by atoms with van der Waals surface area (Å²) in [5, 5.41) is 0. The molecule has 1 fully saturated rings. The van der Waals surface area contributed by atoms with Crippen LogP contribution in [0.15, 0.2) is 0 Å². The third-order valence-electron chi connectivity index (χ3n) is 2.33. The van der Waals surface area contributed by atoms with Gasteiger partial charge >= 0.3 is 0 Å². The molecule has 2 nitrogen and oxygen atoms in total. The highest BCUT2D eigenvalue weighted by Crippen LogP contribution is 2.35. The van der Waals surface area contributed by atoms with Crippen molar-refractivity contribution in [3.8, 4) is 0 Å². The molecule has 0 saturated carbocycles. The lowest BCUT2D eigenvalue weighted by Crippen LogP contribution is -2.39. The van der Waals surface area contributed by atoms with Crippen molar-refractivity contribution in [1.82, 2.24) is 0 Å². The second-order valence-electron chi connectivity index (χ2n) is 3.15. The van der Waals surface area contributed by atoms with Crippen LogP contribution in [0.1, 0.15) is 34.1 Å². The molecule has 1 aliphatic rings. The molecule has 0 bridgehead atoms. The zero-order valence-electron chi connectivity index (χ0n) is 8.46. The van der Waals surface area contributed by atoms with E-state index in [1.54, 1.807) is 0 Å². The fraction of sp³-hybridized carbons (Fsp3) is 1.00. The highest BCUT2D eigenvalue weighted by Gasteiger charge is 2.35. The molecule has 0 spiro atoms. The molecule has 1 saturated heterocycles. The maximum absolute atomic E-state index is 8.96. The van der Waals surface area contributed by atoms with Crippen LogP contribution in [0.4, 0.5) is 0 Å². The molecule has 74 valence electrons. The zero-order chi connectivity index (χ0) is 9.61. The number of hydrogen-bond acceptors (Lipinski definition) is 3. The maximum Gasteiger partial charge on any atom is 0.0651 e. The Hall–Kier alpha value is 0.270. The lowest BCUT2D eigenvalue weighted by atomic mass is 9.91. The van der Waals surface area contributed by atoms with Crippen LogP contribution in [-0.2, 0) is 4.74 Å². The quantitative estimate of drug-likeness (QED) is 0.648. The first kappa shape index (κ1) is 12.3. The lowest BCUT2D eigenvalue weighted by molar-refractivity contribution is 0.0444. The van der Waals surface area contributed by atoms with Crippen molar-refractivity contribution < 1.29 is 9.29 Å². The molecule has 0 amide bonds. The molecule has 1 N–H and O–H groups in total. The van der Waals surface area contributed by atoms with Crippen molar-refractivity contribution in [1.29, 1.82) is 0 Å². The van der Waals surface area contributed by atoms with E-state index in [4.69, 9.17) is 9.29 Å². The topological polar surface area (TPSA) is 29.5 Å². The Kier molecular flexibility index (Phi) is 5.97. The van der Waals surface area contributed by atoms with E-state index in [1.165, 1.54) is 0 Å². The summed E-state index contributed by atoms with van der Waals surface area (Å²) in [4.78, 5) is 0. The van der Waals surface area contributed by atoms with Crippen LogP contribution in [0, 0.1) is 5.92 Å². The van der Waals surface area contributed by atoms with E-state index >= 15 is 0 Å². The van der Waals surface area contributed by atoms with Gasteiger partial charge in [-0.25, -0.2) is 0 Å². The predicted octanol–water partition coefficient (Wildman–Crippen LogP) is 3.03. The predicted molar refractivity (Wildman–Crippen MR) is 54.6 cm³/mol. The summed E-state index contributed by atoms with van der Waals surface area (Å²) in [6.45, 7) is 9.72. The van der Waals surface area contributed by atoms with Gasteiger partial charge in [-0.2, -0.15) is 0 Å². The van der Waals surface area contributed by atoms with E-state index < -0.39 is 0 Å². The lowest BCUT2D eigenvalue weighted by Gasteiger charge is -2.36. The Morgan fingerprint density at radius 2 is 2.08 bits per heavy atom. The van der Waals surface area contributed by atoms with Gasteiger partial charge in [0.1, 0.15) is 0 Å². The molecule has 0 aromatic heterocycles. The molecular weight excluding hydrogens is 172 g/mol. The van der Waals surface area contributed by atoms with Crippen molar-refractivity contribution >= 4 is 12.0 Å². The van der Waals surface area contributed by atoms with Crippen LogP contribution in [0.5, 0.6) is 0 Å². The van der Waals surface area contributed by atoms with Gasteiger partial charge < -0.3 is 9.29 Å². The molecule has 1 heterocycles. The molecular formula is C9H20O2S. The first-order valence-corrected chi connectivity index (χ1v) is 5.37. The second-order valence-corrected chi connectivity index (χ2v) is 4.26. The number of ether oxygens (including phenoxy) is 1. The van der Waals surface area contributed by atoms with Gasteiger partial charge in [0, 0.05) is 6.61 Å². The Morgan fingerprint density at radius 3 is 2.42 bits per heavy atom. The van der Waals surface area contributed by atoms with Gasteiger partial charge in [-0.3, -0.25) is 0 Å². The molecule has 0 aliphatic carbocycles. The van der Waals surface area contributed by atoms with Crippen molar-refractivity contribution in [3.05, 3.63) is 0 Å². The van der Waals surface area contributed by atoms with Gasteiger partial charge in [0.15, 0.2) is 0 Å². The summed E-state index contributed by atoms with van der Waals surface area (Å²) >= 11 is 0.931. The number of hydrogen-bond donors (Lipinski definition) is 1. The summed E-state index contributed by atoms with van der Waals surface area (Å²) in [6, 6.07) is 0. The van der Waals surface area contributed by atoms with Crippen LogP contribution in [0.25, 0.3) is 0 Å². The monoisotopic (exact) mass is 192 g/mol. The Labute approximate surface area is 79.9 Å². The van der Waals surface area contributed by atoms with Crippen LogP contribution in [0.3, 0.4) is 0 Å². The van der Waals surface area contributed by atoms with E-state index in [0.717, 1.165) is 25.1 Å². The van der Waals surface area contributed by atoms with E-state index in [-0.39, 0.29) is 4.75 Å². The summed E-state index contributed by atoms with van der Waals surface area (Å²) < 4.78 is 14.2. The van der Waals surface area contributed by atoms with E-state index in [2.05, 4.69) is 6.92 Å². The largest absolute Gasteiger partial charge is 0.380 e. The smallest absolute Gasteiger partial charge is 0.0651 e. The van der Waals surface area contributed by atoms with Crippen LogP contribution < -0.4 is 0 Å². The third-order valence-corrected chi connectivity index (χ3v) is 3.27. The SMILES string of the molecule is CC.CC1CCOCC1(C)SO. The summed E-state index contributed by atoms with van der Waals surface area (Å²) in [5.41, 5.74) is 0. The standard InChI is InChI=1S/C7H14O2S.C2H6/c1-6-3-4-9-5-7(6,2)10-8;1-2/h6,8H,3-5H2,1-2H3;1-2H3. The molecule has 0 aromatic rings. The normalized spacial score (nSPS) is 35.2. The zero-order valence-corrected chi connectivity index (χ0v) is 9.28. The molecule has 1 rings (SSSR count). The fourth-order valence-electron chi connectivity index (χ4n) is 1.10. The average Bonchev–Trinajstić information content (AvgIpc) is 2.14. The molecule has 1 aliphatic heterocycles. The van der Waals surface area contributed by atoms with Gasteiger partial charge in [-0.15, -0.1) is 0 Å².